The molecule has 0 bridgehead atoms. The highest BCUT2D eigenvalue weighted by molar-refractivity contribution is 7.90. The normalized spacial score (nSPS) is 16.2. The van der Waals surface area contributed by atoms with Crippen LogP contribution in [-0.4, -0.2) is 50.9 Å². The summed E-state index contributed by atoms with van der Waals surface area (Å²) in [5, 5.41) is 22.8. The number of hydrogen-bond acceptors (Lipinski definition) is 8. The quantitative estimate of drug-likeness (QED) is 0.328. The van der Waals surface area contributed by atoms with Crippen LogP contribution in [0.3, 0.4) is 0 Å². The summed E-state index contributed by atoms with van der Waals surface area (Å²) < 4.78 is 34.6. The maximum absolute atomic E-state index is 13.9. The van der Waals surface area contributed by atoms with Gasteiger partial charge in [0.1, 0.15) is 17.4 Å². The van der Waals surface area contributed by atoms with E-state index >= 15 is 0 Å². The van der Waals surface area contributed by atoms with Gasteiger partial charge in [-0.05, 0) is 69.0 Å². The first-order valence-electron chi connectivity index (χ1n) is 12.6. The Kier molecular flexibility index (Phi) is 6.91. The van der Waals surface area contributed by atoms with Crippen molar-refractivity contribution < 1.29 is 28.2 Å². The molecule has 39 heavy (non-hydrogen) atoms. The van der Waals surface area contributed by atoms with Crippen molar-refractivity contribution in [2.45, 2.75) is 56.3 Å². The molecule has 0 fully saturated rings. The molecular weight excluding hydrogens is 520 g/mol. The molecule has 2 aromatic carbocycles. The van der Waals surface area contributed by atoms with Gasteiger partial charge in [-0.15, -0.1) is 0 Å². The predicted molar refractivity (Wildman–Crippen MR) is 144 cm³/mol. The average molecular weight is 551 g/mol. The van der Waals surface area contributed by atoms with Gasteiger partial charge in [0, 0.05) is 5.39 Å². The minimum atomic E-state index is -4.03. The summed E-state index contributed by atoms with van der Waals surface area (Å²) in [7, 11) is -4.03. The van der Waals surface area contributed by atoms with E-state index in [0.29, 0.717) is 24.1 Å². The molecule has 0 saturated heterocycles. The third-order valence-corrected chi connectivity index (χ3v) is 8.31. The molecule has 204 valence electrons. The van der Waals surface area contributed by atoms with E-state index < -0.39 is 34.4 Å². The highest BCUT2D eigenvalue weighted by Crippen LogP contribution is 2.40. The van der Waals surface area contributed by atoms with E-state index in [1.807, 2.05) is 6.07 Å². The fraction of sp³-hybridized carbons (Fsp3) is 0.321. The van der Waals surface area contributed by atoms with E-state index in [1.54, 1.807) is 51.1 Å². The maximum atomic E-state index is 13.9. The van der Waals surface area contributed by atoms with Crippen LogP contribution in [-0.2, 0) is 21.2 Å². The fourth-order valence-electron chi connectivity index (χ4n) is 4.85. The lowest BCUT2D eigenvalue weighted by atomic mass is 10.0. The van der Waals surface area contributed by atoms with Gasteiger partial charge in [-0.1, -0.05) is 24.3 Å². The molecule has 2 aromatic heterocycles. The van der Waals surface area contributed by atoms with Gasteiger partial charge in [0.05, 0.1) is 46.8 Å². The van der Waals surface area contributed by atoms with Crippen molar-refractivity contribution in [3.8, 4) is 11.4 Å². The molecular formula is C28H30N4O6S. The highest BCUT2D eigenvalue weighted by atomic mass is 32.2. The molecule has 1 amide bonds. The maximum Gasteiger partial charge on any atom is 0.408 e. The Bertz CT molecular complexity index is 1630. The number of amides is 1. The number of carbonyl (C=O) groups excluding carboxylic acids is 1. The summed E-state index contributed by atoms with van der Waals surface area (Å²) in [6, 6.07) is 13.2. The van der Waals surface area contributed by atoms with Crippen molar-refractivity contribution in [2.75, 3.05) is 6.61 Å². The lowest BCUT2D eigenvalue weighted by Gasteiger charge is -2.22. The zero-order chi connectivity index (χ0) is 27.9. The Labute approximate surface area is 226 Å². The molecule has 0 spiro atoms. The van der Waals surface area contributed by atoms with Crippen LogP contribution in [0.4, 0.5) is 4.79 Å². The fourth-order valence-corrected chi connectivity index (χ4v) is 6.39. The number of alkyl carbamates (subject to hydrolysis) is 1. The van der Waals surface area contributed by atoms with Crippen molar-refractivity contribution in [2.24, 2.45) is 0 Å². The van der Waals surface area contributed by atoms with Crippen molar-refractivity contribution in [3.63, 3.8) is 0 Å². The van der Waals surface area contributed by atoms with E-state index in [9.17, 15) is 23.4 Å². The van der Waals surface area contributed by atoms with Crippen LogP contribution >= 0.6 is 0 Å². The number of aryl methyl sites for hydroxylation is 1. The smallest absolute Gasteiger partial charge is 0.408 e. The SMILES string of the molecule is CC(C)(C)OC(=O)N[C@@H]1CCc2c1ccc1c2cc(-c2cnc([C@H](O)CO)cn2)n1S(=O)(=O)c1ccccc1. The second-order valence-corrected chi connectivity index (χ2v) is 12.2. The van der Waals surface area contributed by atoms with Crippen LogP contribution in [0.15, 0.2) is 65.8 Å². The molecule has 1 aliphatic rings. The summed E-state index contributed by atoms with van der Waals surface area (Å²) in [6.07, 6.45) is 2.28. The zero-order valence-electron chi connectivity index (χ0n) is 21.8. The Balaban J connectivity index is 1.65. The molecule has 2 atom stereocenters. The second-order valence-electron chi connectivity index (χ2n) is 10.4. The van der Waals surface area contributed by atoms with E-state index in [4.69, 9.17) is 4.74 Å². The summed E-state index contributed by atoms with van der Waals surface area (Å²) in [5.41, 5.74) is 2.47. The number of carbonyl (C=O) groups is 1. The van der Waals surface area contributed by atoms with Crippen molar-refractivity contribution >= 4 is 27.0 Å². The Hall–Kier alpha value is -3.80. The van der Waals surface area contributed by atoms with Crippen LogP contribution < -0.4 is 5.32 Å². The van der Waals surface area contributed by atoms with Gasteiger partial charge < -0.3 is 20.3 Å². The van der Waals surface area contributed by atoms with Crippen LogP contribution in [0.5, 0.6) is 0 Å². The number of ether oxygens (including phenoxy) is 1. The molecule has 1 aliphatic carbocycles. The molecule has 0 unspecified atom stereocenters. The van der Waals surface area contributed by atoms with Gasteiger partial charge in [0.15, 0.2) is 0 Å². The van der Waals surface area contributed by atoms with Gasteiger partial charge in [-0.25, -0.2) is 17.2 Å². The molecule has 0 radical (unpaired) electrons. The number of aromatic nitrogens is 3. The number of nitrogens with zero attached hydrogens (tertiary/aromatic N) is 3. The zero-order valence-corrected chi connectivity index (χ0v) is 22.6. The predicted octanol–water partition coefficient (Wildman–Crippen LogP) is 3.87. The van der Waals surface area contributed by atoms with E-state index in [2.05, 4.69) is 15.3 Å². The number of rotatable bonds is 6. The van der Waals surface area contributed by atoms with Gasteiger partial charge in [-0.2, -0.15) is 0 Å². The number of nitrogens with one attached hydrogen (secondary N) is 1. The molecule has 4 aromatic rings. The lowest BCUT2D eigenvalue weighted by molar-refractivity contribution is 0.0503. The Morgan fingerprint density at radius 1 is 1.15 bits per heavy atom. The Morgan fingerprint density at radius 3 is 2.54 bits per heavy atom. The monoisotopic (exact) mass is 550 g/mol. The minimum absolute atomic E-state index is 0.119. The number of hydrogen-bond donors (Lipinski definition) is 3. The van der Waals surface area contributed by atoms with E-state index in [1.165, 1.54) is 28.5 Å². The van der Waals surface area contributed by atoms with Crippen molar-refractivity contribution in [3.05, 3.63) is 77.7 Å². The molecule has 10 nitrogen and oxygen atoms in total. The standard InChI is InChI=1S/C28H30N4O6S/c1-28(2,3)38-27(35)31-21-11-9-18-19(21)10-12-24-20(18)13-25(22-14-30-23(15-29-22)26(34)16-33)32(24)39(36,37)17-7-5-4-6-8-17/h4-8,10,12-15,21,26,33-34H,9,11,16H2,1-3H3,(H,31,35)/t21-,26-/m1/s1. The van der Waals surface area contributed by atoms with Crippen LogP contribution in [0.25, 0.3) is 22.3 Å². The summed E-state index contributed by atoms with van der Waals surface area (Å²) in [6.45, 7) is 4.89. The molecule has 2 heterocycles. The topological polar surface area (TPSA) is 144 Å². The molecule has 11 heteroatoms. The number of aliphatic hydroxyl groups excluding tert-OH is 2. The van der Waals surface area contributed by atoms with Crippen LogP contribution in [0, 0.1) is 0 Å². The van der Waals surface area contributed by atoms with E-state index in [0.717, 1.165) is 16.5 Å². The van der Waals surface area contributed by atoms with Crippen molar-refractivity contribution in [1.29, 1.82) is 0 Å². The summed E-state index contributed by atoms with van der Waals surface area (Å²) in [5.74, 6) is 0. The first kappa shape index (κ1) is 26.8. The first-order valence-corrected chi connectivity index (χ1v) is 14.0. The molecule has 0 aliphatic heterocycles. The second kappa shape index (κ2) is 10.1. The number of aliphatic hydroxyl groups is 2. The molecule has 3 N–H and O–H groups in total. The summed E-state index contributed by atoms with van der Waals surface area (Å²) in [4.78, 5) is 21.1. The van der Waals surface area contributed by atoms with Crippen LogP contribution in [0.1, 0.15) is 56.2 Å². The third kappa shape index (κ3) is 5.12. The number of benzene rings is 2. The van der Waals surface area contributed by atoms with Crippen molar-refractivity contribution in [1.82, 2.24) is 19.3 Å². The van der Waals surface area contributed by atoms with E-state index in [-0.39, 0.29) is 22.3 Å². The van der Waals surface area contributed by atoms with Gasteiger partial charge >= 0.3 is 6.09 Å². The lowest BCUT2D eigenvalue weighted by Crippen LogP contribution is -2.34. The third-order valence-electron chi connectivity index (χ3n) is 6.57. The largest absolute Gasteiger partial charge is 0.444 e. The van der Waals surface area contributed by atoms with Gasteiger partial charge in [0.2, 0.25) is 0 Å². The van der Waals surface area contributed by atoms with Crippen LogP contribution in [0.2, 0.25) is 0 Å². The number of fused-ring (bicyclic) bond motifs is 3. The average Bonchev–Trinajstić information content (AvgIpc) is 3.49. The summed E-state index contributed by atoms with van der Waals surface area (Å²) >= 11 is 0. The van der Waals surface area contributed by atoms with Gasteiger partial charge in [0.25, 0.3) is 10.0 Å². The molecule has 0 saturated carbocycles. The van der Waals surface area contributed by atoms with Gasteiger partial charge in [-0.3, -0.25) is 9.97 Å². The molecule has 5 rings (SSSR count). The minimum Gasteiger partial charge on any atom is -0.444 e. The Morgan fingerprint density at radius 2 is 1.90 bits per heavy atom. The highest BCUT2D eigenvalue weighted by Gasteiger charge is 2.31. The first-order chi connectivity index (χ1) is 18.5.